The van der Waals surface area contributed by atoms with Gasteiger partial charge in [-0.2, -0.15) is 0 Å². The first-order valence-corrected chi connectivity index (χ1v) is 4.87. The van der Waals surface area contributed by atoms with E-state index in [1.54, 1.807) is 13.0 Å². The Bertz CT molecular complexity index is 340. The second-order valence-corrected chi connectivity index (χ2v) is 3.86. The van der Waals surface area contributed by atoms with Crippen LogP contribution in [0.3, 0.4) is 0 Å². The van der Waals surface area contributed by atoms with Crippen LogP contribution in [0.5, 0.6) is 0 Å². The summed E-state index contributed by atoms with van der Waals surface area (Å²) in [6, 6.07) is 5.14. The highest BCUT2D eigenvalue weighted by atomic mass is 19.1. The minimum absolute atomic E-state index is 0.0945. The molecule has 2 N–H and O–H groups in total. The Kier molecular flexibility index (Phi) is 2.42. The number of aliphatic hydroxyl groups excluding tert-OH is 1. The summed E-state index contributed by atoms with van der Waals surface area (Å²) in [5.74, 6) is -0.205. The molecule has 0 aromatic heterocycles. The number of halogens is 1. The molecule has 2 atom stereocenters. The number of benzene rings is 1. The van der Waals surface area contributed by atoms with Gasteiger partial charge in [-0.15, -0.1) is 0 Å². The molecule has 0 unspecified atom stereocenters. The van der Waals surface area contributed by atoms with E-state index in [4.69, 9.17) is 0 Å². The Morgan fingerprint density at radius 1 is 1.43 bits per heavy atom. The van der Waals surface area contributed by atoms with Crippen LogP contribution in [0.2, 0.25) is 0 Å². The van der Waals surface area contributed by atoms with Crippen LogP contribution in [-0.4, -0.2) is 17.3 Å². The normalized spacial score (nSPS) is 25.6. The van der Waals surface area contributed by atoms with Crippen molar-refractivity contribution < 1.29 is 9.50 Å². The minimum Gasteiger partial charge on any atom is -0.391 e. The van der Waals surface area contributed by atoms with Gasteiger partial charge in [0.1, 0.15) is 5.82 Å². The average Bonchev–Trinajstić information content (AvgIpc) is 2.17. The lowest BCUT2D eigenvalue weighted by Crippen LogP contribution is -2.42. The van der Waals surface area contributed by atoms with E-state index in [2.05, 4.69) is 5.32 Å². The van der Waals surface area contributed by atoms with Crippen LogP contribution in [-0.2, 0) is 0 Å². The summed E-state index contributed by atoms with van der Waals surface area (Å²) >= 11 is 0. The second kappa shape index (κ2) is 3.58. The predicted octanol–water partition coefficient (Wildman–Crippen LogP) is 2.07. The van der Waals surface area contributed by atoms with Crippen molar-refractivity contribution in [3.8, 4) is 0 Å². The summed E-state index contributed by atoms with van der Waals surface area (Å²) in [5, 5.41) is 12.4. The van der Waals surface area contributed by atoms with Gasteiger partial charge in [0, 0.05) is 5.69 Å². The van der Waals surface area contributed by atoms with E-state index < -0.39 is 0 Å². The second-order valence-electron chi connectivity index (χ2n) is 3.86. The fourth-order valence-electron chi connectivity index (χ4n) is 1.55. The molecule has 1 fully saturated rings. The summed E-state index contributed by atoms with van der Waals surface area (Å²) in [7, 11) is 0. The molecule has 1 aromatic rings. The average molecular weight is 195 g/mol. The molecule has 2 rings (SSSR count). The molecule has 1 aliphatic carbocycles. The van der Waals surface area contributed by atoms with E-state index >= 15 is 0 Å². The Morgan fingerprint density at radius 2 is 2.21 bits per heavy atom. The molecule has 1 aliphatic rings. The van der Waals surface area contributed by atoms with Gasteiger partial charge in [-0.05, 0) is 37.5 Å². The minimum atomic E-state index is -0.278. The van der Waals surface area contributed by atoms with Crippen molar-refractivity contribution in [3.05, 3.63) is 29.6 Å². The van der Waals surface area contributed by atoms with Gasteiger partial charge < -0.3 is 10.4 Å². The van der Waals surface area contributed by atoms with Crippen LogP contribution in [0.25, 0.3) is 0 Å². The third-order valence-electron chi connectivity index (χ3n) is 2.76. The largest absolute Gasteiger partial charge is 0.391 e. The number of rotatable bonds is 2. The number of hydrogen-bond donors (Lipinski definition) is 2. The molecular formula is C11H14FNO. The van der Waals surface area contributed by atoms with E-state index in [1.807, 2.05) is 6.07 Å². The highest BCUT2D eigenvalue weighted by molar-refractivity contribution is 5.46. The molecular weight excluding hydrogens is 181 g/mol. The van der Waals surface area contributed by atoms with Gasteiger partial charge in [0.2, 0.25) is 0 Å². The zero-order chi connectivity index (χ0) is 10.1. The first-order chi connectivity index (χ1) is 6.66. The van der Waals surface area contributed by atoms with Gasteiger partial charge in [-0.25, -0.2) is 4.39 Å². The van der Waals surface area contributed by atoms with Crippen molar-refractivity contribution in [2.75, 3.05) is 5.32 Å². The lowest BCUT2D eigenvalue weighted by molar-refractivity contribution is 0.0786. The van der Waals surface area contributed by atoms with E-state index in [-0.39, 0.29) is 18.0 Å². The predicted molar refractivity (Wildman–Crippen MR) is 53.8 cm³/mol. The number of aryl methyl sites for hydroxylation is 1. The first-order valence-electron chi connectivity index (χ1n) is 4.87. The van der Waals surface area contributed by atoms with E-state index in [0.717, 1.165) is 18.5 Å². The summed E-state index contributed by atoms with van der Waals surface area (Å²) in [4.78, 5) is 0. The summed E-state index contributed by atoms with van der Waals surface area (Å²) in [6.07, 6.45) is 1.52. The fraction of sp³-hybridized carbons (Fsp3) is 0.455. The molecule has 0 radical (unpaired) electrons. The monoisotopic (exact) mass is 195 g/mol. The molecule has 3 heteroatoms. The fourth-order valence-corrected chi connectivity index (χ4v) is 1.55. The van der Waals surface area contributed by atoms with E-state index in [1.165, 1.54) is 6.07 Å². The van der Waals surface area contributed by atoms with Gasteiger partial charge in [-0.3, -0.25) is 0 Å². The Morgan fingerprint density at radius 3 is 2.71 bits per heavy atom. The smallest absolute Gasteiger partial charge is 0.128 e. The molecule has 0 aliphatic heterocycles. The Labute approximate surface area is 82.8 Å². The van der Waals surface area contributed by atoms with E-state index in [9.17, 15) is 9.50 Å². The van der Waals surface area contributed by atoms with Crippen molar-refractivity contribution in [2.24, 2.45) is 0 Å². The molecule has 0 bridgehead atoms. The molecule has 14 heavy (non-hydrogen) atoms. The highest BCUT2D eigenvalue weighted by Crippen LogP contribution is 2.24. The molecule has 0 spiro atoms. The quantitative estimate of drug-likeness (QED) is 0.757. The third kappa shape index (κ3) is 1.73. The molecule has 2 nitrogen and oxygen atoms in total. The summed E-state index contributed by atoms with van der Waals surface area (Å²) in [5.41, 5.74) is 1.39. The van der Waals surface area contributed by atoms with Crippen molar-refractivity contribution in [3.63, 3.8) is 0 Å². The van der Waals surface area contributed by atoms with Gasteiger partial charge >= 0.3 is 0 Å². The third-order valence-corrected chi connectivity index (χ3v) is 2.76. The van der Waals surface area contributed by atoms with Gasteiger partial charge in [0.15, 0.2) is 0 Å². The van der Waals surface area contributed by atoms with Gasteiger partial charge in [0.25, 0.3) is 0 Å². The van der Waals surface area contributed by atoms with Gasteiger partial charge in [-0.1, -0.05) is 6.07 Å². The topological polar surface area (TPSA) is 32.3 Å². The Balaban J connectivity index is 2.06. The van der Waals surface area contributed by atoms with Crippen molar-refractivity contribution in [1.82, 2.24) is 0 Å². The zero-order valence-electron chi connectivity index (χ0n) is 8.13. The summed E-state index contributed by atoms with van der Waals surface area (Å²) < 4.78 is 13.1. The Hall–Kier alpha value is -1.09. The van der Waals surface area contributed by atoms with E-state index in [0.29, 0.717) is 5.56 Å². The van der Waals surface area contributed by atoms with Crippen molar-refractivity contribution >= 4 is 5.69 Å². The summed E-state index contributed by atoms with van der Waals surface area (Å²) in [6.45, 7) is 1.73. The molecule has 1 saturated carbocycles. The van der Waals surface area contributed by atoms with Crippen LogP contribution < -0.4 is 5.32 Å². The van der Waals surface area contributed by atoms with Crippen LogP contribution >= 0.6 is 0 Å². The SMILES string of the molecule is Cc1ccc(N[C@@H]2CC[C@H]2O)cc1F. The highest BCUT2D eigenvalue weighted by Gasteiger charge is 2.28. The van der Waals surface area contributed by atoms with Crippen molar-refractivity contribution in [2.45, 2.75) is 31.9 Å². The lowest BCUT2D eigenvalue weighted by atomic mass is 9.89. The van der Waals surface area contributed by atoms with Crippen molar-refractivity contribution in [1.29, 1.82) is 0 Å². The maximum atomic E-state index is 13.1. The first kappa shape index (κ1) is 9.46. The zero-order valence-corrected chi connectivity index (χ0v) is 8.13. The van der Waals surface area contributed by atoms with Crippen LogP contribution in [0, 0.1) is 12.7 Å². The maximum absolute atomic E-state index is 13.1. The standard InChI is InChI=1S/C11H14FNO/c1-7-2-3-8(6-9(7)12)13-10-4-5-11(10)14/h2-3,6,10-11,13-14H,4-5H2,1H3/t10-,11-/m1/s1. The van der Waals surface area contributed by atoms with Crippen LogP contribution in [0.15, 0.2) is 18.2 Å². The molecule has 76 valence electrons. The van der Waals surface area contributed by atoms with Gasteiger partial charge in [0.05, 0.1) is 12.1 Å². The lowest BCUT2D eigenvalue weighted by Gasteiger charge is -2.33. The number of aliphatic hydroxyl groups is 1. The molecule has 0 saturated heterocycles. The van der Waals surface area contributed by atoms with Crippen LogP contribution in [0.4, 0.5) is 10.1 Å². The molecule has 0 amide bonds. The molecule has 0 heterocycles. The number of hydrogen-bond acceptors (Lipinski definition) is 2. The maximum Gasteiger partial charge on any atom is 0.128 e. The molecule has 1 aromatic carbocycles. The van der Waals surface area contributed by atoms with Crippen LogP contribution in [0.1, 0.15) is 18.4 Å². The number of nitrogens with one attached hydrogen (secondary N) is 1. The number of anilines is 1.